The third kappa shape index (κ3) is 7.66. The number of fused-ring (bicyclic) bond motifs is 2. The fraction of sp³-hybridized carbons (Fsp3) is 0.400. The van der Waals surface area contributed by atoms with Crippen LogP contribution in [-0.2, 0) is 17.8 Å². The van der Waals surface area contributed by atoms with Crippen LogP contribution in [0.2, 0.25) is 5.02 Å². The molecule has 7 heterocycles. The van der Waals surface area contributed by atoms with Crippen molar-refractivity contribution >= 4 is 63.9 Å². The first-order chi connectivity index (χ1) is 31.1. The van der Waals surface area contributed by atoms with Crippen molar-refractivity contribution < 1.29 is 36.7 Å². The van der Waals surface area contributed by atoms with Crippen LogP contribution in [0, 0.1) is 5.41 Å². The minimum absolute atomic E-state index is 0.0417. The third-order valence-electron chi connectivity index (χ3n) is 13.5. The van der Waals surface area contributed by atoms with Gasteiger partial charge in [-0.1, -0.05) is 29.8 Å². The van der Waals surface area contributed by atoms with E-state index in [1.54, 1.807) is 29.1 Å². The number of hydrogen-bond acceptors (Lipinski definition) is 10. The Bertz CT molecular complexity index is 2760. The second kappa shape index (κ2) is 16.0. The molecule has 3 saturated heterocycles. The zero-order valence-corrected chi connectivity index (χ0v) is 36.0. The Morgan fingerprint density at radius 2 is 1.66 bits per heavy atom. The van der Waals surface area contributed by atoms with E-state index in [1.165, 1.54) is 27.7 Å². The number of rotatable bonds is 9. The number of imidazole rings is 1. The first-order valence-corrected chi connectivity index (χ1v) is 21.9. The molecule has 5 aliphatic rings. The van der Waals surface area contributed by atoms with Crippen LogP contribution in [0.1, 0.15) is 64.1 Å². The van der Waals surface area contributed by atoms with E-state index in [0.717, 1.165) is 28.1 Å². The molecule has 1 atom stereocenters. The molecule has 0 radical (unpaired) electrons. The van der Waals surface area contributed by atoms with Crippen LogP contribution >= 0.6 is 11.6 Å². The number of alkyl halides is 4. The lowest BCUT2D eigenvalue weighted by atomic mass is 9.68. The molecule has 5 aromatic rings. The van der Waals surface area contributed by atoms with Gasteiger partial charge >= 0.3 is 6.03 Å². The van der Waals surface area contributed by atoms with Crippen LogP contribution in [0.15, 0.2) is 67.0 Å². The molecule has 10 rings (SSSR count). The van der Waals surface area contributed by atoms with Crippen molar-refractivity contribution in [3.05, 3.63) is 94.4 Å². The second-order valence-electron chi connectivity index (χ2n) is 17.5. The summed E-state index contributed by atoms with van der Waals surface area (Å²) in [5, 5.41) is 12.7. The van der Waals surface area contributed by atoms with Gasteiger partial charge in [0.15, 0.2) is 17.2 Å². The number of carbonyl (C=O) groups excluding carboxylic acids is 4. The summed E-state index contributed by atoms with van der Waals surface area (Å²) >= 11 is 6.38. The molecule has 3 aromatic heterocycles. The van der Waals surface area contributed by atoms with Gasteiger partial charge in [-0.05, 0) is 73.7 Å². The van der Waals surface area contributed by atoms with Crippen molar-refractivity contribution in [2.24, 2.45) is 5.41 Å². The number of likely N-dealkylation sites (tertiary alicyclic amines) is 2. The highest BCUT2D eigenvalue weighted by Gasteiger charge is 2.58. The van der Waals surface area contributed by atoms with Gasteiger partial charge in [-0.15, -0.1) is 5.10 Å². The highest BCUT2D eigenvalue weighted by Crippen LogP contribution is 2.51. The van der Waals surface area contributed by atoms with E-state index in [1.807, 2.05) is 41.3 Å². The van der Waals surface area contributed by atoms with Gasteiger partial charge in [0, 0.05) is 87.1 Å². The zero-order valence-electron chi connectivity index (χ0n) is 35.2. The number of benzene rings is 2. The Kier molecular flexibility index (Phi) is 10.5. The Morgan fingerprint density at radius 1 is 0.892 bits per heavy atom. The fourth-order valence-electron chi connectivity index (χ4n) is 9.68. The number of imide groups is 1. The fourth-order valence-corrected chi connectivity index (χ4v) is 9.90. The molecule has 65 heavy (non-hydrogen) atoms. The van der Waals surface area contributed by atoms with E-state index >= 15 is 8.78 Å². The lowest BCUT2D eigenvalue weighted by Gasteiger charge is -2.51. The van der Waals surface area contributed by atoms with Gasteiger partial charge in [-0.25, -0.2) is 31.9 Å². The van der Waals surface area contributed by atoms with Gasteiger partial charge in [0.25, 0.3) is 23.7 Å². The molecule has 20 heteroatoms. The second-order valence-corrected chi connectivity index (χ2v) is 17.9. The molecule has 0 bridgehead atoms. The summed E-state index contributed by atoms with van der Waals surface area (Å²) in [6, 6.07) is 14.3. The summed E-state index contributed by atoms with van der Waals surface area (Å²) in [5.74, 6) is -6.80. The third-order valence-corrected chi connectivity index (χ3v) is 13.9. The van der Waals surface area contributed by atoms with Gasteiger partial charge in [0.05, 0.1) is 40.9 Å². The number of carbonyl (C=O) groups is 4. The number of aromatic nitrogens is 4. The molecule has 1 spiro atoms. The quantitative estimate of drug-likeness (QED) is 0.139. The summed E-state index contributed by atoms with van der Waals surface area (Å²) in [6.45, 7) is 1.36. The summed E-state index contributed by atoms with van der Waals surface area (Å²) in [4.78, 5) is 66.5. The van der Waals surface area contributed by atoms with Crippen molar-refractivity contribution in [1.29, 1.82) is 0 Å². The van der Waals surface area contributed by atoms with Crippen LogP contribution in [0.25, 0.3) is 16.9 Å². The molecule has 1 saturated carbocycles. The Morgan fingerprint density at radius 3 is 2.37 bits per heavy atom. The van der Waals surface area contributed by atoms with E-state index in [-0.39, 0.29) is 67.5 Å². The topological polar surface area (TPSA) is 160 Å². The van der Waals surface area contributed by atoms with Crippen LogP contribution in [0.4, 0.5) is 45.2 Å². The van der Waals surface area contributed by atoms with Gasteiger partial charge < -0.3 is 20.4 Å². The summed E-state index contributed by atoms with van der Waals surface area (Å²) in [7, 11) is 1.72. The van der Waals surface area contributed by atoms with Gasteiger partial charge in [-0.2, -0.15) is 0 Å². The molecule has 2 aromatic carbocycles. The number of nitrogens with one attached hydrogen (secondary N) is 3. The molecule has 338 valence electrons. The van der Waals surface area contributed by atoms with Crippen LogP contribution in [0.3, 0.4) is 0 Å². The number of anilines is 4. The average Bonchev–Trinajstić information content (AvgIpc) is 3.58. The van der Waals surface area contributed by atoms with E-state index in [2.05, 4.69) is 20.9 Å². The highest BCUT2D eigenvalue weighted by atomic mass is 35.5. The number of urea groups is 1. The van der Waals surface area contributed by atoms with Crippen molar-refractivity contribution in [1.82, 2.24) is 40.0 Å². The van der Waals surface area contributed by atoms with Crippen LogP contribution < -0.4 is 25.8 Å². The highest BCUT2D eigenvalue weighted by molar-refractivity contribution is 6.34. The minimum Gasteiger partial charge on any atom is -0.385 e. The van der Waals surface area contributed by atoms with Gasteiger partial charge in [0.2, 0.25) is 5.91 Å². The number of hydrogen-bond donors (Lipinski definition) is 3. The Labute approximate surface area is 375 Å². The first kappa shape index (κ1) is 42.6. The maximum absolute atomic E-state index is 16.2. The largest absolute Gasteiger partial charge is 0.385 e. The molecule has 4 fully saturated rings. The molecular formula is C45H44ClF4N11O4. The SMILES string of the molecule is CNc1cc(N2CCc3c(-c4ccc(CN5CCC6(CCN(C(=O)c7ccc(Cl)c(N8CCC(=O)NC8=O)c7)CC6)C(F)(F)C5)cn4)cccc32)nn2c(C(=O)NC3CC3(F)F)cnc12. The van der Waals surface area contributed by atoms with E-state index in [0.29, 0.717) is 48.9 Å². The van der Waals surface area contributed by atoms with E-state index in [4.69, 9.17) is 21.7 Å². The monoisotopic (exact) mass is 913 g/mol. The molecular weight excluding hydrogens is 870 g/mol. The molecule has 1 unspecified atom stereocenters. The Balaban J connectivity index is 0.783. The number of amides is 5. The average molecular weight is 914 g/mol. The number of nitrogens with zero attached hydrogens (tertiary/aromatic N) is 8. The summed E-state index contributed by atoms with van der Waals surface area (Å²) < 4.78 is 61.0. The lowest BCUT2D eigenvalue weighted by molar-refractivity contribution is -0.186. The van der Waals surface area contributed by atoms with Crippen molar-refractivity contribution in [2.45, 2.75) is 63.0 Å². The molecule has 4 aliphatic heterocycles. The van der Waals surface area contributed by atoms with Crippen molar-refractivity contribution in [3.63, 3.8) is 0 Å². The smallest absolute Gasteiger partial charge is 0.328 e. The predicted octanol–water partition coefficient (Wildman–Crippen LogP) is 6.53. The summed E-state index contributed by atoms with van der Waals surface area (Å²) in [5.41, 5.74) is 4.74. The van der Waals surface area contributed by atoms with Gasteiger partial charge in [-0.3, -0.25) is 34.5 Å². The standard InChI is InChI=1S/C45H44ClF4N11O4/c1-51-32-20-37(56-61-35(23-53-39(32)61)40(63)54-36-21-44(36,47)48)59-14-9-29-28(3-2-4-33(29)59)31-8-5-26(22-52-31)24-57-16-11-43(45(49,50)25-57)12-17-58(18-13-43)41(64)27-6-7-30(46)34(19-27)60-15-10-38(62)55-42(60)65/h2-8,19-20,22-23,36,51H,9-18,21,24-25H2,1H3,(H,54,63)(H,55,62,65). The lowest BCUT2D eigenvalue weighted by Crippen LogP contribution is -2.59. The predicted molar refractivity (Wildman–Crippen MR) is 233 cm³/mol. The number of pyridine rings is 1. The number of piperidine rings is 2. The Hall–Kier alpha value is -6.34. The number of halogens is 5. The maximum atomic E-state index is 16.2. The van der Waals surface area contributed by atoms with Crippen molar-refractivity contribution in [3.8, 4) is 11.3 Å². The molecule has 15 nitrogen and oxygen atoms in total. The van der Waals surface area contributed by atoms with Crippen LogP contribution in [0.5, 0.6) is 0 Å². The summed E-state index contributed by atoms with van der Waals surface area (Å²) in [6.07, 6.45) is 3.99. The van der Waals surface area contributed by atoms with E-state index < -0.39 is 54.1 Å². The van der Waals surface area contributed by atoms with Gasteiger partial charge in [0.1, 0.15) is 0 Å². The molecule has 1 aliphatic carbocycles. The normalized spacial score (nSPS) is 21.1. The van der Waals surface area contributed by atoms with Crippen LogP contribution in [-0.4, -0.2) is 117 Å². The minimum atomic E-state index is -3.00. The first-order valence-electron chi connectivity index (χ1n) is 21.5. The van der Waals surface area contributed by atoms with Crippen molar-refractivity contribution in [2.75, 3.05) is 61.4 Å². The molecule has 5 amide bonds. The molecule has 3 N–H and O–H groups in total. The zero-order chi connectivity index (χ0) is 45.4. The maximum Gasteiger partial charge on any atom is 0.328 e. The van der Waals surface area contributed by atoms with E-state index in [9.17, 15) is 28.0 Å².